The summed E-state index contributed by atoms with van der Waals surface area (Å²) >= 11 is 0. The molecule has 2 aromatic rings. The second kappa shape index (κ2) is 9.33. The van der Waals surface area contributed by atoms with E-state index in [-0.39, 0.29) is 18.0 Å². The van der Waals surface area contributed by atoms with Gasteiger partial charge in [0.25, 0.3) is 5.91 Å². The zero-order valence-corrected chi connectivity index (χ0v) is 18.3. The van der Waals surface area contributed by atoms with Gasteiger partial charge in [0.05, 0.1) is 18.3 Å². The quantitative estimate of drug-likeness (QED) is 0.484. The number of hydrogen-bond acceptors (Lipinski definition) is 4. The fourth-order valence-corrected chi connectivity index (χ4v) is 4.67. The molecule has 33 heavy (non-hydrogen) atoms. The van der Waals surface area contributed by atoms with Crippen molar-refractivity contribution in [3.05, 3.63) is 60.3 Å². The summed E-state index contributed by atoms with van der Waals surface area (Å²) in [6.07, 6.45) is 0.480. The molecule has 4 rings (SSSR count). The minimum Gasteiger partial charge on any atom is -0.459 e. The van der Waals surface area contributed by atoms with Crippen LogP contribution in [0.2, 0.25) is 0 Å². The predicted molar refractivity (Wildman–Crippen MR) is 119 cm³/mol. The average Bonchev–Trinajstić information content (AvgIpc) is 3.52. The molecule has 2 heterocycles. The maximum absolute atomic E-state index is 13.4. The molecule has 1 saturated carbocycles. The highest BCUT2D eigenvalue weighted by molar-refractivity contribution is 5.98. The maximum Gasteiger partial charge on any atom is 0.432 e. The molecule has 0 spiro atoms. The number of aliphatic imine (C=N–C) groups is 1. The zero-order chi connectivity index (χ0) is 23.6. The maximum atomic E-state index is 13.4. The molecule has 0 radical (unpaired) electrons. The van der Waals surface area contributed by atoms with Gasteiger partial charge in [-0.2, -0.15) is 13.2 Å². The molecule has 1 aromatic carbocycles. The van der Waals surface area contributed by atoms with Gasteiger partial charge in [0.1, 0.15) is 11.5 Å². The summed E-state index contributed by atoms with van der Waals surface area (Å²) in [5, 5.41) is 2.64. The number of rotatable bonds is 6. The van der Waals surface area contributed by atoms with E-state index in [2.05, 4.69) is 5.32 Å². The van der Waals surface area contributed by atoms with Crippen LogP contribution in [0.15, 0.2) is 64.0 Å². The number of furan rings is 1. The van der Waals surface area contributed by atoms with Crippen molar-refractivity contribution in [3.63, 3.8) is 0 Å². The number of amidine groups is 1. The minimum atomic E-state index is -4.60. The molecule has 1 aliphatic carbocycles. The van der Waals surface area contributed by atoms with E-state index in [1.54, 1.807) is 11.0 Å². The van der Waals surface area contributed by atoms with Gasteiger partial charge in [-0.15, -0.1) is 0 Å². The van der Waals surface area contributed by atoms with Gasteiger partial charge in [-0.25, -0.2) is 0 Å². The molecule has 1 aliphatic heterocycles. The number of halogens is 3. The highest BCUT2D eigenvalue weighted by Gasteiger charge is 2.48. The number of carbonyl (C=O) groups excluding carboxylic acids is 1. The standard InChI is InChI=1S/C24H27F3N4O2/c1-2-6-21(29-13-20(28)24(25,26)27)30-18-11-15-12-19(18)31(14-15)23(32)22-17(9-10-33-22)16-7-4-3-5-8-16/h3-5,7-10,13,15,18-19H,2,6,11-12,14,28H2,1H3,(H,29,30)/b20-13-. The van der Waals surface area contributed by atoms with Crippen molar-refractivity contribution in [2.24, 2.45) is 16.6 Å². The molecular weight excluding hydrogens is 433 g/mol. The lowest BCUT2D eigenvalue weighted by Crippen LogP contribution is -2.44. The highest BCUT2D eigenvalue weighted by Crippen LogP contribution is 2.41. The van der Waals surface area contributed by atoms with Gasteiger partial charge >= 0.3 is 6.18 Å². The largest absolute Gasteiger partial charge is 0.459 e. The summed E-state index contributed by atoms with van der Waals surface area (Å²) in [5.74, 6) is 0.862. The van der Waals surface area contributed by atoms with Gasteiger partial charge in [0.2, 0.25) is 0 Å². The second-order valence-corrected chi connectivity index (χ2v) is 8.53. The van der Waals surface area contributed by atoms with Crippen molar-refractivity contribution in [3.8, 4) is 11.1 Å². The van der Waals surface area contributed by atoms with Crippen molar-refractivity contribution in [1.82, 2.24) is 10.2 Å². The third kappa shape index (κ3) is 4.91. The number of amides is 1. The lowest BCUT2D eigenvalue weighted by molar-refractivity contribution is -0.0929. The number of piperidine rings is 1. The van der Waals surface area contributed by atoms with Crippen LogP contribution < -0.4 is 11.1 Å². The van der Waals surface area contributed by atoms with E-state index in [0.29, 0.717) is 36.9 Å². The van der Waals surface area contributed by atoms with Crippen LogP contribution in [-0.2, 0) is 0 Å². The molecule has 3 atom stereocenters. The molecular formula is C24H27F3N4O2. The summed E-state index contributed by atoms with van der Waals surface area (Å²) < 4.78 is 43.7. The van der Waals surface area contributed by atoms with E-state index in [1.807, 2.05) is 37.3 Å². The molecule has 176 valence electrons. The third-order valence-corrected chi connectivity index (χ3v) is 6.18. The molecule has 1 aromatic heterocycles. The molecule has 2 bridgehead atoms. The Balaban J connectivity index is 1.53. The summed E-state index contributed by atoms with van der Waals surface area (Å²) in [7, 11) is 0. The lowest BCUT2D eigenvalue weighted by atomic mass is 10.0. The molecule has 1 saturated heterocycles. The molecule has 6 nitrogen and oxygen atoms in total. The zero-order valence-electron chi connectivity index (χ0n) is 18.3. The van der Waals surface area contributed by atoms with Crippen molar-refractivity contribution < 1.29 is 22.4 Å². The van der Waals surface area contributed by atoms with E-state index < -0.39 is 11.9 Å². The van der Waals surface area contributed by atoms with Gasteiger partial charge < -0.3 is 20.4 Å². The van der Waals surface area contributed by atoms with Crippen LogP contribution in [-0.4, -0.2) is 41.4 Å². The number of fused-ring (bicyclic) bond motifs is 2. The summed E-state index contributed by atoms with van der Waals surface area (Å²) in [4.78, 5) is 19.9. The van der Waals surface area contributed by atoms with E-state index >= 15 is 0 Å². The Bertz CT molecular complexity index is 1050. The molecule has 2 aliphatic rings. The van der Waals surface area contributed by atoms with Gasteiger partial charge in [-0.1, -0.05) is 37.3 Å². The lowest BCUT2D eigenvalue weighted by Gasteiger charge is -2.31. The number of benzene rings is 1. The summed E-state index contributed by atoms with van der Waals surface area (Å²) in [6.45, 7) is 2.55. The fraction of sp³-hybridized carbons (Fsp3) is 0.417. The Morgan fingerprint density at radius 3 is 2.70 bits per heavy atom. The van der Waals surface area contributed by atoms with Gasteiger partial charge in [-0.3, -0.25) is 9.79 Å². The Labute approximate surface area is 190 Å². The number of nitrogens with zero attached hydrogens (tertiary/aromatic N) is 2. The molecule has 3 N–H and O–H groups in total. The van der Waals surface area contributed by atoms with Crippen molar-refractivity contribution in [1.29, 1.82) is 0 Å². The highest BCUT2D eigenvalue weighted by atomic mass is 19.4. The number of alkyl halides is 3. The molecule has 3 unspecified atom stereocenters. The van der Waals surface area contributed by atoms with Crippen LogP contribution >= 0.6 is 0 Å². The first-order chi connectivity index (χ1) is 15.8. The number of hydrogen-bond donors (Lipinski definition) is 2. The van der Waals surface area contributed by atoms with Crippen molar-refractivity contribution in [2.75, 3.05) is 6.54 Å². The number of nitrogens with two attached hydrogens (primary N) is 1. The monoisotopic (exact) mass is 460 g/mol. The average molecular weight is 461 g/mol. The van der Waals surface area contributed by atoms with Crippen LogP contribution in [0.25, 0.3) is 11.1 Å². The predicted octanol–water partition coefficient (Wildman–Crippen LogP) is 4.70. The fourth-order valence-electron chi connectivity index (χ4n) is 4.67. The van der Waals surface area contributed by atoms with Crippen LogP contribution in [0, 0.1) is 5.92 Å². The Morgan fingerprint density at radius 1 is 1.27 bits per heavy atom. The first-order valence-electron chi connectivity index (χ1n) is 11.1. The smallest absolute Gasteiger partial charge is 0.432 e. The third-order valence-electron chi connectivity index (χ3n) is 6.18. The number of nitrogens with one attached hydrogen (secondary N) is 1. The number of allylic oxidation sites excluding steroid dienone is 1. The van der Waals surface area contributed by atoms with Crippen molar-refractivity contribution in [2.45, 2.75) is 50.9 Å². The van der Waals surface area contributed by atoms with E-state index in [4.69, 9.17) is 15.1 Å². The normalized spacial score (nSPS) is 23.3. The Kier molecular flexibility index (Phi) is 6.49. The molecule has 9 heteroatoms. The Hall–Kier alpha value is -3.23. The number of carbonyl (C=O) groups is 1. The van der Waals surface area contributed by atoms with Crippen LogP contribution in [0.4, 0.5) is 13.2 Å². The van der Waals surface area contributed by atoms with Crippen LogP contribution in [0.3, 0.4) is 0 Å². The van der Waals surface area contributed by atoms with Gasteiger partial charge in [0.15, 0.2) is 5.76 Å². The second-order valence-electron chi connectivity index (χ2n) is 8.53. The van der Waals surface area contributed by atoms with Crippen LogP contribution in [0.5, 0.6) is 0 Å². The van der Waals surface area contributed by atoms with Crippen molar-refractivity contribution >= 4 is 11.7 Å². The van der Waals surface area contributed by atoms with E-state index in [9.17, 15) is 18.0 Å². The minimum absolute atomic E-state index is 0.117. The summed E-state index contributed by atoms with van der Waals surface area (Å²) in [5.41, 5.74) is 5.53. The molecule has 1 amide bonds. The first-order valence-corrected chi connectivity index (χ1v) is 11.1. The number of likely N-dealkylation sites (tertiary alicyclic amines) is 1. The van der Waals surface area contributed by atoms with E-state index in [1.165, 1.54) is 6.26 Å². The SMILES string of the molecule is CCCC(=NC1CC2CC1N(C(=O)c1occc1-c1ccccc1)C2)N/C=C(\N)C(F)(F)F. The van der Waals surface area contributed by atoms with E-state index in [0.717, 1.165) is 30.2 Å². The molecule has 2 fully saturated rings. The van der Waals surface area contributed by atoms with Gasteiger partial charge in [-0.05, 0) is 36.8 Å². The van der Waals surface area contributed by atoms with Crippen LogP contribution in [0.1, 0.15) is 43.2 Å². The summed E-state index contributed by atoms with van der Waals surface area (Å²) in [6, 6.07) is 11.1. The Morgan fingerprint density at radius 2 is 2.03 bits per heavy atom. The van der Waals surface area contributed by atoms with Gasteiger partial charge in [0, 0.05) is 24.7 Å². The topological polar surface area (TPSA) is 83.9 Å². The first kappa shape index (κ1) is 22.9.